The molecule has 5 N–H and O–H groups in total. The number of nitrogens with one attached hydrogen (secondary N) is 1. The summed E-state index contributed by atoms with van der Waals surface area (Å²) in [5.41, 5.74) is 11.0. The summed E-state index contributed by atoms with van der Waals surface area (Å²) < 4.78 is 0. The van der Waals surface area contributed by atoms with E-state index in [1.165, 1.54) is 6.92 Å². The van der Waals surface area contributed by atoms with Crippen LogP contribution in [0, 0.1) is 5.41 Å². The lowest BCUT2D eigenvalue weighted by Gasteiger charge is -2.04. The van der Waals surface area contributed by atoms with Gasteiger partial charge in [-0.25, -0.2) is 9.97 Å². The number of hydrogen-bond acceptors (Lipinski definition) is 6. The number of aromatic nitrogens is 2. The van der Waals surface area contributed by atoms with Gasteiger partial charge in [0.15, 0.2) is 28.3 Å². The molecule has 0 aromatic carbocycles. The molecule has 80 valence electrons. The lowest BCUT2D eigenvalue weighted by molar-refractivity contribution is 0.0996. The van der Waals surface area contributed by atoms with Crippen LogP contribution in [-0.4, -0.2) is 21.5 Å². The fourth-order valence-corrected chi connectivity index (χ4v) is 1.10. The summed E-state index contributed by atoms with van der Waals surface area (Å²) >= 11 is 5.61. The zero-order chi connectivity index (χ0) is 11.6. The van der Waals surface area contributed by atoms with Gasteiger partial charge < -0.3 is 16.9 Å². The Hall–Kier alpha value is -1.69. The minimum absolute atomic E-state index is 0.0164. The number of hydrogen-bond donors (Lipinski definition) is 3. The first-order chi connectivity index (χ1) is 6.91. The fraction of sp³-hybridized carbons (Fsp3) is 0.250. The van der Waals surface area contributed by atoms with Crippen molar-refractivity contribution < 1.29 is 4.79 Å². The third-order valence-electron chi connectivity index (χ3n) is 1.59. The number of halogens is 1. The molecular weight excluding hydrogens is 218 g/mol. The van der Waals surface area contributed by atoms with Gasteiger partial charge in [0.25, 0.3) is 0 Å². The van der Waals surface area contributed by atoms with Crippen LogP contribution < -0.4 is 11.5 Å². The maximum absolute atomic E-state index is 11.5. The van der Waals surface area contributed by atoms with E-state index in [2.05, 4.69) is 9.97 Å². The van der Waals surface area contributed by atoms with Crippen LogP contribution in [0.3, 0.4) is 0 Å². The Morgan fingerprint density at radius 1 is 1.40 bits per heavy atom. The summed E-state index contributed by atoms with van der Waals surface area (Å²) in [7, 11) is 0. The lowest BCUT2D eigenvalue weighted by atomic mass is 10.1. The standard InChI is InChI=1S/C8H10ClN5O/c1-3(10)2-4(15)5-7(11)14-8(12)6(9)13-5/h10H,2H2,1H3,(H4,11,12,14). The van der Waals surface area contributed by atoms with E-state index in [9.17, 15) is 4.79 Å². The van der Waals surface area contributed by atoms with Crippen LogP contribution in [0.1, 0.15) is 23.8 Å². The molecule has 0 unspecified atom stereocenters. The van der Waals surface area contributed by atoms with Crippen molar-refractivity contribution in [3.05, 3.63) is 10.8 Å². The van der Waals surface area contributed by atoms with Gasteiger partial charge in [-0.3, -0.25) is 4.79 Å². The Morgan fingerprint density at radius 2 is 2.00 bits per heavy atom. The van der Waals surface area contributed by atoms with Crippen LogP contribution in [0.2, 0.25) is 5.15 Å². The van der Waals surface area contributed by atoms with Crippen molar-refractivity contribution in [3.63, 3.8) is 0 Å². The van der Waals surface area contributed by atoms with Crippen LogP contribution in [-0.2, 0) is 0 Å². The van der Waals surface area contributed by atoms with Crippen LogP contribution in [0.4, 0.5) is 11.6 Å². The summed E-state index contributed by atoms with van der Waals surface area (Å²) in [6, 6.07) is 0. The van der Waals surface area contributed by atoms with Crippen molar-refractivity contribution >= 4 is 34.7 Å². The molecule has 0 aliphatic carbocycles. The first kappa shape index (κ1) is 11.4. The van der Waals surface area contributed by atoms with E-state index in [1.54, 1.807) is 0 Å². The molecule has 6 nitrogen and oxygen atoms in total. The fourth-order valence-electron chi connectivity index (χ4n) is 0.971. The third kappa shape index (κ3) is 2.63. The number of Topliss-reactive ketones (excluding diaryl/α,β-unsaturated/α-hetero) is 1. The van der Waals surface area contributed by atoms with Crippen molar-refractivity contribution in [1.29, 1.82) is 5.41 Å². The molecule has 1 rings (SSSR count). The Balaban J connectivity index is 3.09. The highest BCUT2D eigenvalue weighted by Gasteiger charge is 2.15. The van der Waals surface area contributed by atoms with E-state index in [0.717, 1.165) is 0 Å². The van der Waals surface area contributed by atoms with E-state index in [1.807, 2.05) is 0 Å². The average Bonchev–Trinajstić information content (AvgIpc) is 2.09. The quantitative estimate of drug-likeness (QED) is 0.524. The molecule has 0 spiro atoms. The largest absolute Gasteiger partial charge is 0.382 e. The number of nitrogens with zero attached hydrogens (tertiary/aromatic N) is 2. The highest BCUT2D eigenvalue weighted by Crippen LogP contribution is 2.18. The van der Waals surface area contributed by atoms with E-state index < -0.39 is 5.78 Å². The van der Waals surface area contributed by atoms with Gasteiger partial charge >= 0.3 is 0 Å². The number of nitrogen functional groups attached to an aromatic ring is 2. The molecule has 0 saturated carbocycles. The molecule has 15 heavy (non-hydrogen) atoms. The normalized spacial score (nSPS) is 10.0. The second kappa shape index (κ2) is 4.22. The second-order valence-electron chi connectivity index (χ2n) is 3.01. The highest BCUT2D eigenvalue weighted by atomic mass is 35.5. The number of carbonyl (C=O) groups is 1. The Bertz CT molecular complexity index is 431. The summed E-state index contributed by atoms with van der Waals surface area (Å²) in [6.45, 7) is 1.51. The predicted octanol–water partition coefficient (Wildman–Crippen LogP) is 0.907. The lowest BCUT2D eigenvalue weighted by Crippen LogP contribution is -2.12. The zero-order valence-corrected chi connectivity index (χ0v) is 8.80. The molecule has 0 saturated heterocycles. The molecule has 0 atom stereocenters. The number of rotatable bonds is 3. The van der Waals surface area contributed by atoms with Crippen molar-refractivity contribution in [3.8, 4) is 0 Å². The van der Waals surface area contributed by atoms with E-state index in [4.69, 9.17) is 28.5 Å². The van der Waals surface area contributed by atoms with Gasteiger partial charge in [-0.15, -0.1) is 0 Å². The molecule has 1 heterocycles. The summed E-state index contributed by atoms with van der Waals surface area (Å²) in [4.78, 5) is 18.9. The number of ketones is 1. The van der Waals surface area contributed by atoms with Gasteiger partial charge in [0.1, 0.15) is 0 Å². The van der Waals surface area contributed by atoms with Gasteiger partial charge in [-0.05, 0) is 6.92 Å². The monoisotopic (exact) mass is 227 g/mol. The molecule has 0 bridgehead atoms. The van der Waals surface area contributed by atoms with E-state index in [0.29, 0.717) is 0 Å². The SMILES string of the molecule is CC(=N)CC(=O)c1nc(Cl)c(N)nc1N. The Morgan fingerprint density at radius 3 is 2.53 bits per heavy atom. The van der Waals surface area contributed by atoms with Gasteiger partial charge in [0, 0.05) is 5.71 Å². The van der Waals surface area contributed by atoms with Crippen LogP contribution in [0.25, 0.3) is 0 Å². The third-order valence-corrected chi connectivity index (χ3v) is 1.87. The number of nitrogens with two attached hydrogens (primary N) is 2. The summed E-state index contributed by atoms with van der Waals surface area (Å²) in [5, 5.41) is 7.11. The van der Waals surface area contributed by atoms with Gasteiger partial charge in [-0.2, -0.15) is 0 Å². The predicted molar refractivity (Wildman–Crippen MR) is 58.2 cm³/mol. The van der Waals surface area contributed by atoms with Crippen LogP contribution in [0.15, 0.2) is 0 Å². The Kier molecular flexibility index (Phi) is 3.21. The van der Waals surface area contributed by atoms with Crippen molar-refractivity contribution in [2.45, 2.75) is 13.3 Å². The minimum Gasteiger partial charge on any atom is -0.382 e. The molecule has 1 aromatic heterocycles. The first-order valence-electron chi connectivity index (χ1n) is 4.07. The molecule has 0 aliphatic heterocycles. The van der Waals surface area contributed by atoms with Gasteiger partial charge in [0.2, 0.25) is 0 Å². The molecule has 1 aromatic rings. The maximum atomic E-state index is 11.5. The van der Waals surface area contributed by atoms with E-state index in [-0.39, 0.29) is 34.6 Å². The van der Waals surface area contributed by atoms with Crippen molar-refractivity contribution in [2.24, 2.45) is 0 Å². The Labute approximate surface area is 91.2 Å². The summed E-state index contributed by atoms with van der Waals surface area (Å²) in [5.74, 6) is -0.477. The molecule has 7 heteroatoms. The maximum Gasteiger partial charge on any atom is 0.190 e. The minimum atomic E-state index is -0.394. The molecule has 0 amide bonds. The average molecular weight is 228 g/mol. The van der Waals surface area contributed by atoms with Gasteiger partial charge in [0.05, 0.1) is 6.42 Å². The topological polar surface area (TPSA) is 119 Å². The number of carbonyl (C=O) groups excluding carboxylic acids is 1. The first-order valence-corrected chi connectivity index (χ1v) is 4.45. The zero-order valence-electron chi connectivity index (χ0n) is 8.04. The van der Waals surface area contributed by atoms with Crippen molar-refractivity contribution in [2.75, 3.05) is 11.5 Å². The van der Waals surface area contributed by atoms with Gasteiger partial charge in [-0.1, -0.05) is 11.6 Å². The number of anilines is 2. The summed E-state index contributed by atoms with van der Waals surface area (Å²) in [6.07, 6.45) is -0.0564. The van der Waals surface area contributed by atoms with Crippen LogP contribution >= 0.6 is 11.6 Å². The van der Waals surface area contributed by atoms with E-state index >= 15 is 0 Å². The van der Waals surface area contributed by atoms with Crippen LogP contribution in [0.5, 0.6) is 0 Å². The van der Waals surface area contributed by atoms with Crippen molar-refractivity contribution in [1.82, 2.24) is 9.97 Å². The molecule has 0 aliphatic rings. The highest BCUT2D eigenvalue weighted by molar-refractivity contribution is 6.31. The smallest absolute Gasteiger partial charge is 0.190 e. The molecule has 0 radical (unpaired) electrons. The molecule has 0 fully saturated rings. The molecular formula is C8H10ClN5O. The second-order valence-corrected chi connectivity index (χ2v) is 3.37.